The lowest BCUT2D eigenvalue weighted by molar-refractivity contribution is 1.37. The van der Waals surface area contributed by atoms with E-state index < -0.39 is 0 Å². The summed E-state index contributed by atoms with van der Waals surface area (Å²) >= 11 is 0. The highest BCUT2D eigenvalue weighted by atomic mass is 14.7. The SMILES string of the molecule is c1ccc2c(c1)cc(-c1ccc3cc(-c4ccc5nc(-c6ccc(-c7cc8cccnc8c8ncccc78)cc6)ccc5c4)ccc3n1)c1ccccc12. The van der Waals surface area contributed by atoms with Crippen LogP contribution in [-0.2, 0) is 0 Å². The molecule has 0 radical (unpaired) electrons. The number of nitrogens with zero attached hydrogens (tertiary/aromatic N) is 4. The van der Waals surface area contributed by atoms with Gasteiger partial charge in [0, 0.05) is 45.1 Å². The summed E-state index contributed by atoms with van der Waals surface area (Å²) in [6, 6.07) is 60.2. The molecule has 4 heterocycles. The summed E-state index contributed by atoms with van der Waals surface area (Å²) in [5, 5.41) is 9.35. The Morgan fingerprint density at radius 1 is 0.296 bits per heavy atom. The van der Waals surface area contributed by atoms with Crippen LogP contribution in [0, 0.1) is 0 Å². The Morgan fingerprint density at radius 2 is 0.852 bits per heavy atom. The van der Waals surface area contributed by atoms with Crippen molar-refractivity contribution in [2.45, 2.75) is 0 Å². The highest BCUT2D eigenvalue weighted by molar-refractivity contribution is 6.14. The van der Waals surface area contributed by atoms with Gasteiger partial charge in [0.15, 0.2) is 0 Å². The van der Waals surface area contributed by atoms with Crippen molar-refractivity contribution >= 4 is 65.2 Å². The molecule has 7 aromatic carbocycles. The maximum absolute atomic E-state index is 5.16. The zero-order valence-corrected chi connectivity index (χ0v) is 29.1. The van der Waals surface area contributed by atoms with Crippen LogP contribution in [0.5, 0.6) is 0 Å². The van der Waals surface area contributed by atoms with Crippen LogP contribution in [0.2, 0.25) is 0 Å². The molecule has 0 N–H and O–H groups in total. The molecule has 0 unspecified atom stereocenters. The first kappa shape index (κ1) is 30.3. The monoisotopic (exact) mass is 686 g/mol. The Morgan fingerprint density at radius 3 is 1.63 bits per heavy atom. The summed E-state index contributed by atoms with van der Waals surface area (Å²) in [4.78, 5) is 19.5. The molecule has 54 heavy (non-hydrogen) atoms. The average molecular weight is 687 g/mol. The minimum absolute atomic E-state index is 0.922. The highest BCUT2D eigenvalue weighted by Crippen LogP contribution is 2.37. The van der Waals surface area contributed by atoms with E-state index in [2.05, 4.69) is 168 Å². The van der Waals surface area contributed by atoms with Crippen molar-refractivity contribution in [3.8, 4) is 44.8 Å². The topological polar surface area (TPSA) is 51.6 Å². The average Bonchev–Trinajstić information content (AvgIpc) is 3.25. The molecular weight excluding hydrogens is 657 g/mol. The third-order valence-electron chi connectivity index (χ3n) is 10.7. The van der Waals surface area contributed by atoms with Gasteiger partial charge in [0.1, 0.15) is 0 Å². The van der Waals surface area contributed by atoms with Crippen molar-refractivity contribution in [2.24, 2.45) is 0 Å². The van der Waals surface area contributed by atoms with Crippen LogP contribution in [0.25, 0.3) is 110 Å². The van der Waals surface area contributed by atoms with Crippen molar-refractivity contribution in [3.05, 3.63) is 182 Å². The number of fused-ring (bicyclic) bond motifs is 8. The molecule has 0 amide bonds. The van der Waals surface area contributed by atoms with Crippen molar-refractivity contribution in [1.29, 1.82) is 0 Å². The number of rotatable bonds is 4. The standard InChI is InChI=1S/C50H30N4/c1-2-9-39-35(7-1)29-44(41-11-4-3-10-40(39)41)48-24-20-37-28-34(18-22-47(37)54-48)33-17-21-46-36(27-33)19-23-45(53-46)32-15-13-31(14-16-32)43-30-38-8-5-25-51-49(38)50-42(43)12-6-26-52-50/h1-30H. The summed E-state index contributed by atoms with van der Waals surface area (Å²) < 4.78 is 0. The van der Waals surface area contributed by atoms with Gasteiger partial charge in [-0.05, 0) is 104 Å². The molecule has 0 spiro atoms. The van der Waals surface area contributed by atoms with Gasteiger partial charge in [-0.2, -0.15) is 0 Å². The molecule has 11 aromatic rings. The lowest BCUT2D eigenvalue weighted by atomic mass is 9.95. The highest BCUT2D eigenvalue weighted by Gasteiger charge is 2.13. The van der Waals surface area contributed by atoms with Crippen molar-refractivity contribution in [1.82, 2.24) is 19.9 Å². The number of hydrogen-bond acceptors (Lipinski definition) is 4. The maximum atomic E-state index is 5.16. The van der Waals surface area contributed by atoms with E-state index in [-0.39, 0.29) is 0 Å². The maximum Gasteiger partial charge on any atom is 0.0970 e. The smallest absolute Gasteiger partial charge is 0.0970 e. The fraction of sp³-hybridized carbons (Fsp3) is 0. The van der Waals surface area contributed by atoms with Gasteiger partial charge < -0.3 is 0 Å². The van der Waals surface area contributed by atoms with Gasteiger partial charge in [-0.25, -0.2) is 9.97 Å². The molecule has 0 aliphatic heterocycles. The molecule has 0 fully saturated rings. The molecule has 0 atom stereocenters. The minimum atomic E-state index is 0.922. The Kier molecular flexibility index (Phi) is 6.82. The third kappa shape index (κ3) is 5.00. The first-order chi connectivity index (χ1) is 26.7. The number of benzene rings is 7. The van der Waals surface area contributed by atoms with Gasteiger partial charge >= 0.3 is 0 Å². The molecule has 4 nitrogen and oxygen atoms in total. The second-order valence-corrected chi connectivity index (χ2v) is 13.9. The summed E-state index contributed by atoms with van der Waals surface area (Å²) in [6.45, 7) is 0. The normalized spacial score (nSPS) is 11.7. The lowest BCUT2D eigenvalue weighted by Gasteiger charge is -2.12. The first-order valence-electron chi connectivity index (χ1n) is 18.2. The second kappa shape index (κ2) is 12.1. The molecule has 0 aliphatic carbocycles. The second-order valence-electron chi connectivity index (χ2n) is 13.9. The quantitative estimate of drug-likeness (QED) is 0.173. The van der Waals surface area contributed by atoms with E-state index in [4.69, 9.17) is 9.97 Å². The number of hydrogen-bond donors (Lipinski definition) is 0. The van der Waals surface area contributed by atoms with Crippen LogP contribution in [0.15, 0.2) is 182 Å². The van der Waals surface area contributed by atoms with E-state index in [1.54, 1.807) is 0 Å². The number of aromatic nitrogens is 4. The largest absolute Gasteiger partial charge is 0.254 e. The molecule has 0 aliphatic rings. The van der Waals surface area contributed by atoms with Gasteiger partial charge in [-0.3, -0.25) is 9.97 Å². The fourth-order valence-electron chi connectivity index (χ4n) is 8.02. The molecule has 0 saturated heterocycles. The van der Waals surface area contributed by atoms with E-state index in [0.29, 0.717) is 0 Å². The predicted molar refractivity (Wildman–Crippen MR) is 224 cm³/mol. The van der Waals surface area contributed by atoms with Gasteiger partial charge in [0.2, 0.25) is 0 Å². The van der Waals surface area contributed by atoms with E-state index >= 15 is 0 Å². The van der Waals surface area contributed by atoms with E-state index in [9.17, 15) is 0 Å². The summed E-state index contributed by atoms with van der Waals surface area (Å²) in [5.41, 5.74) is 12.5. The molecule has 250 valence electrons. The Hall–Kier alpha value is -7.30. The summed E-state index contributed by atoms with van der Waals surface area (Å²) in [7, 11) is 0. The summed E-state index contributed by atoms with van der Waals surface area (Å²) in [6.07, 6.45) is 3.66. The van der Waals surface area contributed by atoms with Crippen LogP contribution < -0.4 is 0 Å². The van der Waals surface area contributed by atoms with Gasteiger partial charge in [0.25, 0.3) is 0 Å². The Balaban J connectivity index is 0.896. The molecule has 0 saturated carbocycles. The van der Waals surface area contributed by atoms with Gasteiger partial charge in [-0.1, -0.05) is 109 Å². The third-order valence-corrected chi connectivity index (χ3v) is 10.7. The van der Waals surface area contributed by atoms with Crippen LogP contribution in [0.4, 0.5) is 0 Å². The Bertz CT molecular complexity index is 3280. The van der Waals surface area contributed by atoms with Crippen molar-refractivity contribution < 1.29 is 0 Å². The van der Waals surface area contributed by atoms with E-state index in [1.165, 1.54) is 21.5 Å². The Labute approximate surface area is 311 Å². The zero-order valence-electron chi connectivity index (χ0n) is 29.1. The minimum Gasteiger partial charge on any atom is -0.254 e. The first-order valence-corrected chi connectivity index (χ1v) is 18.2. The van der Waals surface area contributed by atoms with Crippen LogP contribution in [0.3, 0.4) is 0 Å². The van der Waals surface area contributed by atoms with Crippen LogP contribution in [-0.4, -0.2) is 19.9 Å². The van der Waals surface area contributed by atoms with Crippen molar-refractivity contribution in [3.63, 3.8) is 0 Å². The van der Waals surface area contributed by atoms with Crippen molar-refractivity contribution in [2.75, 3.05) is 0 Å². The fourth-order valence-corrected chi connectivity index (χ4v) is 8.02. The molecule has 4 aromatic heterocycles. The van der Waals surface area contributed by atoms with E-state index in [0.717, 1.165) is 88.4 Å². The van der Waals surface area contributed by atoms with E-state index in [1.807, 2.05) is 24.5 Å². The van der Waals surface area contributed by atoms with Gasteiger partial charge in [0.05, 0.1) is 33.5 Å². The lowest BCUT2D eigenvalue weighted by Crippen LogP contribution is -1.90. The molecular formula is C50H30N4. The molecule has 4 heteroatoms. The molecule has 11 rings (SSSR count). The van der Waals surface area contributed by atoms with Crippen LogP contribution >= 0.6 is 0 Å². The molecule has 0 bridgehead atoms. The zero-order chi connectivity index (χ0) is 35.6. The van der Waals surface area contributed by atoms with Gasteiger partial charge in [-0.15, -0.1) is 0 Å². The van der Waals surface area contributed by atoms with Crippen LogP contribution in [0.1, 0.15) is 0 Å². The summed E-state index contributed by atoms with van der Waals surface area (Å²) in [5.74, 6) is 0. The number of pyridine rings is 4. The predicted octanol–water partition coefficient (Wildman–Crippen LogP) is 12.9.